The van der Waals surface area contributed by atoms with Crippen molar-refractivity contribution in [1.29, 1.82) is 0 Å². The summed E-state index contributed by atoms with van der Waals surface area (Å²) in [4.78, 5) is 15.2. The number of carbonyl (C=O) groups is 1. The van der Waals surface area contributed by atoms with E-state index >= 15 is 0 Å². The molecule has 25 heavy (non-hydrogen) atoms. The third-order valence-electron chi connectivity index (χ3n) is 3.40. The standard InChI is InChI=1S/C17H16N4O4/c1-24-14-8-7-12(10-18-14)6-5-11-3-2-4-13(9-11)25-16-15(17(22)23)19-21-20-16/h2-4,7-10,15-16,19-21H,1H3,(H,22,23). The molecule has 3 rings (SSSR count). The summed E-state index contributed by atoms with van der Waals surface area (Å²) in [6, 6.07) is 9.75. The van der Waals surface area contributed by atoms with Crippen LogP contribution in [0, 0.1) is 11.8 Å². The van der Waals surface area contributed by atoms with Crippen LogP contribution in [0.5, 0.6) is 11.6 Å². The first-order chi connectivity index (χ1) is 12.2. The molecule has 2 aromatic rings. The maximum Gasteiger partial charge on any atom is 0.327 e. The first kappa shape index (κ1) is 16.7. The quantitative estimate of drug-likeness (QED) is 0.588. The van der Waals surface area contributed by atoms with Crippen LogP contribution in [0.1, 0.15) is 11.1 Å². The van der Waals surface area contributed by atoms with Crippen molar-refractivity contribution in [1.82, 2.24) is 21.4 Å². The fourth-order valence-corrected chi connectivity index (χ4v) is 2.15. The van der Waals surface area contributed by atoms with Gasteiger partial charge in [-0.2, -0.15) is 5.53 Å². The molecule has 1 aromatic carbocycles. The summed E-state index contributed by atoms with van der Waals surface area (Å²) in [5.41, 5.74) is 9.30. The minimum absolute atomic E-state index is 0.508. The second kappa shape index (κ2) is 7.63. The lowest BCUT2D eigenvalue weighted by atomic mass is 10.2. The van der Waals surface area contributed by atoms with Crippen LogP contribution in [0.4, 0.5) is 0 Å². The molecule has 128 valence electrons. The van der Waals surface area contributed by atoms with Crippen molar-refractivity contribution in [2.75, 3.05) is 7.11 Å². The molecule has 1 aliphatic rings. The number of nitrogens with zero attached hydrogens (tertiary/aromatic N) is 1. The molecule has 1 aliphatic heterocycles. The van der Waals surface area contributed by atoms with Crippen LogP contribution in [-0.4, -0.2) is 35.4 Å². The summed E-state index contributed by atoms with van der Waals surface area (Å²) in [6.07, 6.45) is 0.884. The Kier molecular flexibility index (Phi) is 5.11. The van der Waals surface area contributed by atoms with Gasteiger partial charge in [-0.1, -0.05) is 17.9 Å². The molecule has 0 spiro atoms. The van der Waals surface area contributed by atoms with E-state index in [0.29, 0.717) is 11.6 Å². The minimum Gasteiger partial charge on any atom is -0.481 e. The summed E-state index contributed by atoms with van der Waals surface area (Å²) >= 11 is 0. The fraction of sp³-hybridized carbons (Fsp3) is 0.176. The number of pyridine rings is 1. The van der Waals surface area contributed by atoms with E-state index in [0.717, 1.165) is 11.1 Å². The maximum atomic E-state index is 11.1. The van der Waals surface area contributed by atoms with Gasteiger partial charge in [0.2, 0.25) is 5.88 Å². The third kappa shape index (κ3) is 4.24. The van der Waals surface area contributed by atoms with Crippen molar-refractivity contribution in [2.45, 2.75) is 12.3 Å². The number of ether oxygens (including phenoxy) is 2. The highest BCUT2D eigenvalue weighted by Crippen LogP contribution is 2.16. The normalized spacial score (nSPS) is 18.9. The molecule has 0 aliphatic carbocycles. The van der Waals surface area contributed by atoms with Gasteiger partial charge in [0.1, 0.15) is 5.75 Å². The average molecular weight is 340 g/mol. The summed E-state index contributed by atoms with van der Waals surface area (Å²) in [6.45, 7) is 0. The molecule has 8 heteroatoms. The molecule has 1 saturated heterocycles. The molecular weight excluding hydrogens is 324 g/mol. The van der Waals surface area contributed by atoms with E-state index in [-0.39, 0.29) is 0 Å². The molecule has 4 N–H and O–H groups in total. The monoisotopic (exact) mass is 340 g/mol. The van der Waals surface area contributed by atoms with E-state index in [1.54, 1.807) is 37.6 Å². The number of carboxylic acids is 1. The molecule has 2 unspecified atom stereocenters. The van der Waals surface area contributed by atoms with E-state index in [9.17, 15) is 4.79 Å². The minimum atomic E-state index is -1.02. The number of aliphatic carboxylic acids is 1. The molecular formula is C17H16N4O4. The zero-order valence-electron chi connectivity index (χ0n) is 13.3. The molecule has 0 radical (unpaired) electrons. The van der Waals surface area contributed by atoms with Crippen LogP contribution in [0.3, 0.4) is 0 Å². The lowest BCUT2D eigenvalue weighted by Gasteiger charge is -2.16. The molecule has 2 heterocycles. The van der Waals surface area contributed by atoms with Crippen molar-refractivity contribution in [3.8, 4) is 23.5 Å². The van der Waals surface area contributed by atoms with Crippen LogP contribution in [0.2, 0.25) is 0 Å². The Morgan fingerprint density at radius 1 is 1.20 bits per heavy atom. The number of rotatable bonds is 4. The van der Waals surface area contributed by atoms with Gasteiger partial charge in [-0.05, 0) is 24.3 Å². The van der Waals surface area contributed by atoms with Crippen LogP contribution >= 0.6 is 0 Å². The molecule has 2 atom stereocenters. The first-order valence-electron chi connectivity index (χ1n) is 7.43. The molecule has 1 aromatic heterocycles. The van der Waals surface area contributed by atoms with Crippen molar-refractivity contribution in [3.05, 3.63) is 53.7 Å². The zero-order chi connectivity index (χ0) is 17.6. The zero-order valence-corrected chi connectivity index (χ0v) is 13.3. The summed E-state index contributed by atoms with van der Waals surface area (Å²) in [5.74, 6) is 6.03. The maximum absolute atomic E-state index is 11.1. The predicted molar refractivity (Wildman–Crippen MR) is 88.5 cm³/mol. The van der Waals surface area contributed by atoms with E-state index < -0.39 is 18.2 Å². The van der Waals surface area contributed by atoms with Gasteiger partial charge in [-0.25, -0.2) is 15.8 Å². The highest BCUT2D eigenvalue weighted by atomic mass is 16.5. The van der Waals surface area contributed by atoms with Crippen molar-refractivity contribution < 1.29 is 19.4 Å². The van der Waals surface area contributed by atoms with E-state index in [2.05, 4.69) is 33.2 Å². The van der Waals surface area contributed by atoms with E-state index in [1.165, 1.54) is 0 Å². The van der Waals surface area contributed by atoms with Crippen molar-refractivity contribution in [2.24, 2.45) is 0 Å². The lowest BCUT2D eigenvalue weighted by molar-refractivity contribution is -0.141. The fourth-order valence-electron chi connectivity index (χ4n) is 2.15. The molecule has 0 amide bonds. The van der Waals surface area contributed by atoms with Gasteiger partial charge in [0.05, 0.1) is 7.11 Å². The first-order valence-corrected chi connectivity index (χ1v) is 7.43. The summed E-state index contributed by atoms with van der Waals surface area (Å²) in [5, 5.41) is 9.10. The number of hydrogen-bond acceptors (Lipinski definition) is 7. The summed E-state index contributed by atoms with van der Waals surface area (Å²) in [7, 11) is 1.55. The predicted octanol–water partition coefficient (Wildman–Crippen LogP) is 0.260. The van der Waals surface area contributed by atoms with Gasteiger partial charge in [0.25, 0.3) is 0 Å². The second-order valence-electron chi connectivity index (χ2n) is 5.14. The average Bonchev–Trinajstić information content (AvgIpc) is 3.09. The number of benzene rings is 1. The van der Waals surface area contributed by atoms with Crippen LogP contribution in [-0.2, 0) is 4.79 Å². The highest BCUT2D eigenvalue weighted by Gasteiger charge is 2.34. The van der Waals surface area contributed by atoms with Gasteiger partial charge in [-0.3, -0.25) is 4.79 Å². The Hall–Kier alpha value is -3.12. The molecule has 0 bridgehead atoms. The Balaban J connectivity index is 1.71. The Morgan fingerprint density at radius 2 is 2.04 bits per heavy atom. The number of hydrogen-bond donors (Lipinski definition) is 4. The Morgan fingerprint density at radius 3 is 2.76 bits per heavy atom. The van der Waals surface area contributed by atoms with Gasteiger partial charge >= 0.3 is 5.97 Å². The highest BCUT2D eigenvalue weighted by molar-refractivity contribution is 5.74. The number of methoxy groups -OCH3 is 1. The molecule has 1 fully saturated rings. The van der Waals surface area contributed by atoms with Crippen molar-refractivity contribution >= 4 is 5.97 Å². The largest absolute Gasteiger partial charge is 0.481 e. The number of nitrogens with one attached hydrogen (secondary N) is 3. The van der Waals surface area contributed by atoms with Gasteiger partial charge < -0.3 is 14.6 Å². The topological polar surface area (TPSA) is 105 Å². The smallest absolute Gasteiger partial charge is 0.327 e. The number of carboxylic acid groups (broad SMARTS) is 1. The Labute approximate surface area is 144 Å². The van der Waals surface area contributed by atoms with Crippen LogP contribution in [0.15, 0.2) is 42.6 Å². The SMILES string of the molecule is COc1ccc(C#Cc2cccc(OC3NNNC3C(=O)O)c2)cn1. The van der Waals surface area contributed by atoms with Crippen molar-refractivity contribution in [3.63, 3.8) is 0 Å². The summed E-state index contributed by atoms with van der Waals surface area (Å²) < 4.78 is 10.7. The molecule has 0 saturated carbocycles. The van der Waals surface area contributed by atoms with E-state index in [1.807, 2.05) is 12.1 Å². The van der Waals surface area contributed by atoms with Gasteiger partial charge in [-0.15, -0.1) is 0 Å². The van der Waals surface area contributed by atoms with Crippen LogP contribution in [0.25, 0.3) is 0 Å². The Bertz CT molecular complexity index is 813. The number of aromatic nitrogens is 1. The van der Waals surface area contributed by atoms with Crippen LogP contribution < -0.4 is 25.9 Å². The lowest BCUT2D eigenvalue weighted by Crippen LogP contribution is -2.44. The second-order valence-corrected chi connectivity index (χ2v) is 5.14. The van der Waals surface area contributed by atoms with Gasteiger partial charge in [0.15, 0.2) is 12.3 Å². The number of hydrazine groups is 2. The van der Waals surface area contributed by atoms with E-state index in [4.69, 9.17) is 14.6 Å². The van der Waals surface area contributed by atoms with Gasteiger partial charge in [0, 0.05) is 23.4 Å². The third-order valence-corrected chi connectivity index (χ3v) is 3.40. The molecule has 8 nitrogen and oxygen atoms in total.